The van der Waals surface area contributed by atoms with Gasteiger partial charge in [-0.15, -0.1) is 0 Å². The van der Waals surface area contributed by atoms with E-state index in [2.05, 4.69) is 10.3 Å². The average molecular weight is 380 g/mol. The SMILES string of the molecule is CCOc1ccc(NC(=O)Cn2c(C)cc3nc4n(c(=O)c32)CCCC4)cc1. The summed E-state index contributed by atoms with van der Waals surface area (Å²) in [6.45, 7) is 5.18. The van der Waals surface area contributed by atoms with E-state index in [9.17, 15) is 9.59 Å². The Kier molecular flexibility index (Phi) is 4.90. The van der Waals surface area contributed by atoms with Crippen molar-refractivity contribution < 1.29 is 9.53 Å². The lowest BCUT2D eigenvalue weighted by molar-refractivity contribution is -0.116. The molecule has 146 valence electrons. The summed E-state index contributed by atoms with van der Waals surface area (Å²) in [4.78, 5) is 30.3. The molecule has 0 radical (unpaired) electrons. The summed E-state index contributed by atoms with van der Waals surface area (Å²) in [5, 5.41) is 2.88. The van der Waals surface area contributed by atoms with E-state index in [4.69, 9.17) is 4.74 Å². The van der Waals surface area contributed by atoms with Crippen LogP contribution < -0.4 is 15.6 Å². The van der Waals surface area contributed by atoms with Crippen molar-refractivity contribution in [2.75, 3.05) is 11.9 Å². The van der Waals surface area contributed by atoms with E-state index in [1.54, 1.807) is 21.3 Å². The van der Waals surface area contributed by atoms with E-state index >= 15 is 0 Å². The molecule has 0 unspecified atom stereocenters. The van der Waals surface area contributed by atoms with Crippen LogP contribution >= 0.6 is 0 Å². The van der Waals surface area contributed by atoms with E-state index in [0.717, 1.165) is 36.5 Å². The minimum atomic E-state index is -0.188. The minimum absolute atomic E-state index is 0.0540. The molecule has 1 N–H and O–H groups in total. The molecule has 0 fully saturated rings. The van der Waals surface area contributed by atoms with Crippen molar-refractivity contribution >= 4 is 22.6 Å². The molecule has 1 amide bonds. The third-order valence-corrected chi connectivity index (χ3v) is 5.08. The molecule has 0 saturated heterocycles. The second-order valence-corrected chi connectivity index (χ2v) is 7.05. The maximum absolute atomic E-state index is 13.0. The molecule has 28 heavy (non-hydrogen) atoms. The minimum Gasteiger partial charge on any atom is -0.494 e. The summed E-state index contributed by atoms with van der Waals surface area (Å²) in [6.07, 6.45) is 2.87. The number of benzene rings is 1. The molecule has 2 aromatic heterocycles. The standard InChI is InChI=1S/C21H24N4O3/c1-3-28-16-9-7-15(8-10-16)22-19(26)13-25-14(2)12-17-20(25)21(27)24-11-5-4-6-18(24)23-17/h7-10,12H,3-6,11,13H2,1-2H3,(H,22,26). The van der Waals surface area contributed by atoms with Crippen LogP contribution in [0.5, 0.6) is 5.75 Å². The third kappa shape index (κ3) is 3.40. The number of aryl methyl sites for hydroxylation is 2. The highest BCUT2D eigenvalue weighted by Gasteiger charge is 2.19. The maximum atomic E-state index is 13.0. The molecule has 7 heteroatoms. The lowest BCUT2D eigenvalue weighted by atomic mass is 10.1. The van der Waals surface area contributed by atoms with Crippen LogP contribution in [0.15, 0.2) is 35.1 Å². The fraction of sp³-hybridized carbons (Fsp3) is 0.381. The number of nitrogens with zero attached hydrogens (tertiary/aromatic N) is 3. The molecule has 0 spiro atoms. The van der Waals surface area contributed by atoms with Crippen LogP contribution in [0.25, 0.3) is 11.0 Å². The van der Waals surface area contributed by atoms with Gasteiger partial charge in [-0.2, -0.15) is 0 Å². The first-order valence-electron chi connectivity index (χ1n) is 9.69. The Morgan fingerprint density at radius 3 is 2.79 bits per heavy atom. The average Bonchev–Trinajstić information content (AvgIpc) is 2.99. The predicted molar refractivity (Wildman–Crippen MR) is 108 cm³/mol. The zero-order valence-corrected chi connectivity index (χ0v) is 16.2. The number of rotatable bonds is 5. The van der Waals surface area contributed by atoms with Crippen LogP contribution in [0.4, 0.5) is 5.69 Å². The highest BCUT2D eigenvalue weighted by atomic mass is 16.5. The van der Waals surface area contributed by atoms with Gasteiger partial charge in [0.25, 0.3) is 5.56 Å². The normalized spacial score (nSPS) is 13.4. The van der Waals surface area contributed by atoms with Crippen LogP contribution in [-0.4, -0.2) is 26.6 Å². The van der Waals surface area contributed by atoms with Gasteiger partial charge in [0.1, 0.15) is 23.6 Å². The number of nitrogens with one attached hydrogen (secondary N) is 1. The smallest absolute Gasteiger partial charge is 0.278 e. The Morgan fingerprint density at radius 1 is 1.25 bits per heavy atom. The van der Waals surface area contributed by atoms with Crippen molar-refractivity contribution in [1.29, 1.82) is 0 Å². The van der Waals surface area contributed by atoms with Crippen molar-refractivity contribution in [3.8, 4) is 5.75 Å². The molecule has 0 saturated carbocycles. The molecule has 3 aromatic rings. The number of anilines is 1. The van der Waals surface area contributed by atoms with Crippen LogP contribution in [-0.2, 0) is 24.3 Å². The molecule has 1 aromatic carbocycles. The molecule has 0 aliphatic carbocycles. The summed E-state index contributed by atoms with van der Waals surface area (Å²) in [5.41, 5.74) is 2.66. The Morgan fingerprint density at radius 2 is 2.04 bits per heavy atom. The summed E-state index contributed by atoms with van der Waals surface area (Å²) in [7, 11) is 0. The lowest BCUT2D eigenvalue weighted by Gasteiger charge is -2.17. The van der Waals surface area contributed by atoms with Crippen LogP contribution in [0.3, 0.4) is 0 Å². The van der Waals surface area contributed by atoms with Gasteiger partial charge in [-0.3, -0.25) is 14.2 Å². The number of carbonyl (C=O) groups is 1. The van der Waals surface area contributed by atoms with Gasteiger partial charge < -0.3 is 14.6 Å². The Hall–Kier alpha value is -3.09. The predicted octanol–water partition coefficient (Wildman–Crippen LogP) is 2.88. The van der Waals surface area contributed by atoms with Crippen molar-refractivity contribution in [2.45, 2.75) is 46.2 Å². The van der Waals surface area contributed by atoms with Gasteiger partial charge in [0, 0.05) is 24.3 Å². The second-order valence-electron chi connectivity index (χ2n) is 7.05. The summed E-state index contributed by atoms with van der Waals surface area (Å²) in [6, 6.07) is 9.12. The Balaban J connectivity index is 1.59. The first kappa shape index (κ1) is 18.3. The maximum Gasteiger partial charge on any atom is 0.278 e. The fourth-order valence-corrected chi connectivity index (χ4v) is 3.74. The van der Waals surface area contributed by atoms with Gasteiger partial charge in [0.05, 0.1) is 12.1 Å². The molecule has 1 aliphatic rings. The highest BCUT2D eigenvalue weighted by Crippen LogP contribution is 2.19. The van der Waals surface area contributed by atoms with E-state index < -0.39 is 0 Å². The monoisotopic (exact) mass is 380 g/mol. The van der Waals surface area contributed by atoms with Crippen LogP contribution in [0.1, 0.15) is 31.3 Å². The molecule has 3 heterocycles. The van der Waals surface area contributed by atoms with Gasteiger partial charge in [-0.05, 0) is 57.0 Å². The number of hydrogen-bond acceptors (Lipinski definition) is 4. The van der Waals surface area contributed by atoms with Crippen LogP contribution in [0.2, 0.25) is 0 Å². The van der Waals surface area contributed by atoms with Crippen molar-refractivity contribution in [3.05, 3.63) is 52.2 Å². The van der Waals surface area contributed by atoms with Gasteiger partial charge in [-0.25, -0.2) is 4.98 Å². The van der Waals surface area contributed by atoms with Gasteiger partial charge >= 0.3 is 0 Å². The third-order valence-electron chi connectivity index (χ3n) is 5.08. The molecule has 1 aliphatic heterocycles. The molecule has 7 nitrogen and oxygen atoms in total. The number of amides is 1. The van der Waals surface area contributed by atoms with E-state index in [1.807, 2.05) is 32.0 Å². The number of carbonyl (C=O) groups excluding carboxylic acids is 1. The van der Waals surface area contributed by atoms with Gasteiger partial charge in [-0.1, -0.05) is 0 Å². The van der Waals surface area contributed by atoms with Crippen molar-refractivity contribution in [3.63, 3.8) is 0 Å². The molecule has 0 atom stereocenters. The van der Waals surface area contributed by atoms with Crippen molar-refractivity contribution in [1.82, 2.24) is 14.1 Å². The van der Waals surface area contributed by atoms with Crippen molar-refractivity contribution in [2.24, 2.45) is 0 Å². The first-order chi connectivity index (χ1) is 13.6. The number of ether oxygens (including phenoxy) is 1. The quantitative estimate of drug-likeness (QED) is 0.738. The highest BCUT2D eigenvalue weighted by molar-refractivity contribution is 5.92. The number of aromatic nitrogens is 3. The molecule has 4 rings (SSSR count). The van der Waals surface area contributed by atoms with Crippen LogP contribution in [0, 0.1) is 6.92 Å². The Labute approximate surface area is 163 Å². The summed E-state index contributed by atoms with van der Waals surface area (Å²) < 4.78 is 8.93. The molecular formula is C21H24N4O3. The first-order valence-corrected chi connectivity index (χ1v) is 9.69. The fourth-order valence-electron chi connectivity index (χ4n) is 3.74. The molecular weight excluding hydrogens is 356 g/mol. The van der Waals surface area contributed by atoms with E-state index in [1.165, 1.54) is 0 Å². The largest absolute Gasteiger partial charge is 0.494 e. The van der Waals surface area contributed by atoms with Gasteiger partial charge in [0.2, 0.25) is 5.91 Å². The summed E-state index contributed by atoms with van der Waals surface area (Å²) >= 11 is 0. The zero-order chi connectivity index (χ0) is 19.7. The van der Waals surface area contributed by atoms with Gasteiger partial charge in [0.15, 0.2) is 0 Å². The number of hydrogen-bond donors (Lipinski definition) is 1. The number of fused-ring (bicyclic) bond motifs is 2. The van der Waals surface area contributed by atoms with E-state index in [-0.39, 0.29) is 18.0 Å². The second kappa shape index (κ2) is 7.50. The van der Waals surface area contributed by atoms with E-state index in [0.29, 0.717) is 29.9 Å². The molecule has 0 bridgehead atoms. The Bertz CT molecular complexity index is 1080. The summed E-state index contributed by atoms with van der Waals surface area (Å²) in [5.74, 6) is 1.42. The topological polar surface area (TPSA) is 78.2 Å². The zero-order valence-electron chi connectivity index (χ0n) is 16.2. The lowest BCUT2D eigenvalue weighted by Crippen LogP contribution is -2.30.